The van der Waals surface area contributed by atoms with E-state index in [0.29, 0.717) is 0 Å². The summed E-state index contributed by atoms with van der Waals surface area (Å²) in [6.45, 7) is 25.4. The molecule has 0 aromatic rings. The summed E-state index contributed by atoms with van der Waals surface area (Å²) in [4.78, 5) is 70.4. The molecule has 0 saturated carbocycles. The molecule has 0 atom stereocenters. The van der Waals surface area contributed by atoms with Crippen molar-refractivity contribution in [3.05, 3.63) is 68.1 Å². The summed E-state index contributed by atoms with van der Waals surface area (Å²) >= 11 is 10.0. The second-order valence-electron chi connectivity index (χ2n) is 6.09. The summed E-state index contributed by atoms with van der Waals surface area (Å²) in [5, 5.41) is 34.0. The zero-order valence-electron chi connectivity index (χ0n) is 22.2. The SMILES string of the molecule is OCC(CO)(CO)CO.[C]=O.[C]=O.[C]=O.[C]=O.[C]=O.[C]=O.[Mn+][C]1=CC=CC1.[Mn+][C]1=CC=CC1.[Mn+][C]1=CC=CC1.[O-]P([O-])[O-]. The van der Waals surface area contributed by atoms with Crippen molar-refractivity contribution in [2.24, 2.45) is 5.41 Å². The molecule has 4 N–H and O–H groups in total. The molecule has 0 bridgehead atoms. The Hall–Kier alpha value is -1.83. The van der Waals surface area contributed by atoms with Crippen LogP contribution in [0.2, 0.25) is 0 Å². The van der Waals surface area contributed by atoms with Gasteiger partial charge in [-0.1, -0.05) is 0 Å². The van der Waals surface area contributed by atoms with Gasteiger partial charge in [-0.25, -0.2) is 0 Å². The molecule has 0 fully saturated rings. The summed E-state index contributed by atoms with van der Waals surface area (Å²) in [6.07, 6.45) is 21.9. The molecule has 13 nitrogen and oxygen atoms in total. The van der Waals surface area contributed by atoms with Gasteiger partial charge in [0.15, 0.2) is 0 Å². The first-order valence-electron chi connectivity index (χ1n) is 10.2. The average molecular weight is 743 g/mol. The van der Waals surface area contributed by atoms with Crippen LogP contribution in [0.1, 0.15) is 19.3 Å². The Bertz CT molecular complexity index is 641. The first-order valence-corrected chi connectivity index (χ1v) is 13.0. The van der Waals surface area contributed by atoms with Crippen LogP contribution in [0.15, 0.2) is 68.1 Å². The van der Waals surface area contributed by atoms with Gasteiger partial charge in [-0.05, 0) is 0 Å². The minimum absolute atomic E-state index is 0.406. The van der Waals surface area contributed by atoms with E-state index in [1.807, 2.05) is 18.2 Å². The van der Waals surface area contributed by atoms with Crippen molar-refractivity contribution in [2.45, 2.75) is 19.3 Å². The molecule has 43 heavy (non-hydrogen) atoms. The molecular formula is C26H27Mn3O13P. The summed E-state index contributed by atoms with van der Waals surface area (Å²) in [5.41, 5.74) is -1.11. The van der Waals surface area contributed by atoms with Crippen molar-refractivity contribution in [3.8, 4) is 0 Å². The van der Waals surface area contributed by atoms with Crippen LogP contribution < -0.4 is 14.7 Å². The molecule has 3 rings (SSSR count). The molecule has 0 aromatic carbocycles. The maximum atomic E-state index is 8.50. The fraction of sp³-hybridized carbons (Fsp3) is 0.308. The van der Waals surface area contributed by atoms with Gasteiger partial charge < -0.3 is 43.7 Å². The molecular weight excluding hydrogens is 716 g/mol. The monoisotopic (exact) mass is 743 g/mol. The number of hydrogen-bond donors (Lipinski definition) is 4. The first kappa shape index (κ1) is 60.4. The summed E-state index contributed by atoms with van der Waals surface area (Å²) in [6, 6.07) is 0. The first-order chi connectivity index (χ1) is 20.7. The number of rotatable bonds is 4. The zero-order valence-corrected chi connectivity index (χ0v) is 26.6. The van der Waals surface area contributed by atoms with Crippen LogP contribution in [0.25, 0.3) is 0 Å². The quantitative estimate of drug-likeness (QED) is 0.166. The molecule has 0 aliphatic heterocycles. The van der Waals surface area contributed by atoms with E-state index in [1.54, 1.807) is 0 Å². The fourth-order valence-electron chi connectivity index (χ4n) is 1.56. The maximum absolute atomic E-state index is 8.50. The van der Waals surface area contributed by atoms with E-state index in [9.17, 15) is 0 Å². The van der Waals surface area contributed by atoms with Gasteiger partial charge in [-0.3, -0.25) is 28.8 Å². The van der Waals surface area contributed by atoms with Crippen LogP contribution >= 0.6 is 8.60 Å². The van der Waals surface area contributed by atoms with Crippen molar-refractivity contribution in [2.75, 3.05) is 26.4 Å². The van der Waals surface area contributed by atoms with Crippen molar-refractivity contribution in [3.63, 3.8) is 0 Å². The summed E-state index contributed by atoms with van der Waals surface area (Å²) in [7, 11) is -3.37. The van der Waals surface area contributed by atoms with Crippen LogP contribution in [0, 0.1) is 5.41 Å². The van der Waals surface area contributed by atoms with Gasteiger partial charge in [0.2, 0.25) is 0 Å². The fourth-order valence-corrected chi connectivity index (χ4v) is 2.32. The van der Waals surface area contributed by atoms with Crippen molar-refractivity contribution < 1.29 is 112 Å². The average Bonchev–Trinajstić information content (AvgIpc) is 3.87. The Kier molecular flexibility index (Phi) is 83.6. The number of carbonyl (C=O) groups excluding carboxylic acids is 6. The van der Waals surface area contributed by atoms with Crippen molar-refractivity contribution in [1.82, 2.24) is 0 Å². The van der Waals surface area contributed by atoms with Gasteiger partial charge >= 0.3 is 135 Å². The number of hydrogen-bond acceptors (Lipinski definition) is 13. The molecule has 0 aromatic heterocycles. The minimum atomic E-state index is -3.37. The van der Waals surface area contributed by atoms with Crippen LogP contribution in [0.5, 0.6) is 0 Å². The number of aliphatic hydroxyl groups excluding tert-OH is 4. The Morgan fingerprint density at radius 2 is 0.698 bits per heavy atom. The molecule has 0 heterocycles. The molecule has 0 saturated heterocycles. The molecule has 235 valence electrons. The van der Waals surface area contributed by atoms with E-state index < -0.39 is 40.4 Å². The van der Waals surface area contributed by atoms with Gasteiger partial charge in [-0.2, -0.15) is 0 Å². The van der Waals surface area contributed by atoms with Crippen LogP contribution in [0.3, 0.4) is 0 Å². The second kappa shape index (κ2) is 59.6. The Morgan fingerprint density at radius 1 is 0.535 bits per heavy atom. The smallest absolute Gasteiger partial charge is 0.438 e. The number of aliphatic hydroxyl groups is 4. The summed E-state index contributed by atoms with van der Waals surface area (Å²) in [5.74, 6) is 0. The maximum Gasteiger partial charge on any atom is -0.438 e. The van der Waals surface area contributed by atoms with Crippen LogP contribution in [-0.4, -0.2) is 87.6 Å². The summed E-state index contributed by atoms with van der Waals surface area (Å²) < 4.78 is 3.84. The zero-order chi connectivity index (χ0) is 36.1. The molecule has 3 aliphatic rings. The molecule has 12 radical (unpaired) electrons. The van der Waals surface area contributed by atoms with E-state index in [-0.39, 0.29) is 0 Å². The second-order valence-corrected chi connectivity index (χ2v) is 8.82. The van der Waals surface area contributed by atoms with Gasteiger partial charge in [-0.15, -0.1) is 0 Å². The topological polar surface area (TPSA) is 253 Å². The molecule has 17 heteroatoms. The van der Waals surface area contributed by atoms with E-state index >= 15 is 0 Å². The van der Waals surface area contributed by atoms with Gasteiger partial charge in [0, 0.05) is 0 Å². The predicted molar refractivity (Wildman–Crippen MR) is 137 cm³/mol. The van der Waals surface area contributed by atoms with Crippen molar-refractivity contribution in [1.29, 1.82) is 0 Å². The standard InChI is InChI=1S/C5H12O4.3C5H5.6CO.3Mn.O3P/c6-1-5(2-7,3-8)4-9;3*1-2-4-5-3-1;6*1-2;;;;1-4(2)3/h6-9H,1-4H2;3*1-3H,4H2;;;;;;;;;;/q;;;;;;;;;;3*+1;-3. The molecule has 3 aliphatic carbocycles. The largest absolute Gasteiger partial charge is 0.854 e. The molecule has 0 amide bonds. The Balaban J connectivity index is -0.0000000551. The van der Waals surface area contributed by atoms with E-state index in [2.05, 4.69) is 125 Å². The van der Waals surface area contributed by atoms with Gasteiger partial charge in [0.25, 0.3) is 40.7 Å². The normalized spacial score (nSPS) is 11.6. The number of allylic oxidation sites excluding steroid dienone is 12. The van der Waals surface area contributed by atoms with E-state index in [1.165, 1.54) is 13.4 Å². The van der Waals surface area contributed by atoms with Crippen LogP contribution in [-0.2, 0) is 76.8 Å². The van der Waals surface area contributed by atoms with E-state index in [0.717, 1.165) is 19.3 Å². The third-order valence-corrected chi connectivity index (χ3v) is 4.83. The van der Waals surface area contributed by atoms with E-state index in [4.69, 9.17) is 63.9 Å². The molecule has 0 spiro atoms. The third-order valence-electron chi connectivity index (χ3n) is 3.52. The Labute approximate surface area is 279 Å². The van der Waals surface area contributed by atoms with Gasteiger partial charge in [0.1, 0.15) is 0 Å². The van der Waals surface area contributed by atoms with Gasteiger partial charge in [0.05, 0.1) is 31.8 Å². The van der Waals surface area contributed by atoms with Crippen molar-refractivity contribution >= 4 is 49.3 Å². The Morgan fingerprint density at radius 3 is 0.721 bits per heavy atom. The van der Waals surface area contributed by atoms with Crippen LogP contribution in [0.4, 0.5) is 0 Å². The minimum Gasteiger partial charge on any atom is -0.854 e. The molecule has 0 unspecified atom stereocenters. The predicted octanol–water partition coefficient (Wildman–Crippen LogP) is -3.02. The third kappa shape index (κ3) is 60.2.